The fourth-order valence-corrected chi connectivity index (χ4v) is 7.37. The molecule has 4 aromatic rings. The number of carbonyl (C=O) groups excluding carboxylic acids is 5. The van der Waals surface area contributed by atoms with E-state index in [1.165, 1.54) is 20.0 Å². The van der Waals surface area contributed by atoms with Gasteiger partial charge < -0.3 is 47.5 Å². The van der Waals surface area contributed by atoms with E-state index in [-0.39, 0.29) is 66.9 Å². The molecule has 0 saturated heterocycles. The van der Waals surface area contributed by atoms with Gasteiger partial charge in [0.2, 0.25) is 23.6 Å². The summed E-state index contributed by atoms with van der Waals surface area (Å²) in [4.78, 5) is 80.3. The van der Waals surface area contributed by atoms with Gasteiger partial charge in [-0.2, -0.15) is 5.26 Å². The summed E-state index contributed by atoms with van der Waals surface area (Å²) in [6.45, 7) is 11.1. The van der Waals surface area contributed by atoms with Crippen molar-refractivity contribution in [2.45, 2.75) is 84.0 Å². The van der Waals surface area contributed by atoms with Gasteiger partial charge >= 0.3 is 0 Å². The fourth-order valence-electron chi connectivity index (χ4n) is 7.37. The molecule has 9 N–H and O–H groups in total. The van der Waals surface area contributed by atoms with Crippen LogP contribution in [0.15, 0.2) is 60.7 Å². The van der Waals surface area contributed by atoms with Gasteiger partial charge in [-0.25, -0.2) is 9.97 Å². The molecule has 0 spiro atoms. The lowest BCUT2D eigenvalue weighted by Crippen LogP contribution is -2.56. The number of benzene rings is 3. The van der Waals surface area contributed by atoms with E-state index in [4.69, 9.17) is 21.5 Å². The minimum Gasteiger partial charge on any atom is -0.507 e. The second-order valence-electron chi connectivity index (χ2n) is 16.5. The van der Waals surface area contributed by atoms with Gasteiger partial charge in [0.1, 0.15) is 48.8 Å². The Labute approximate surface area is 367 Å². The molecule has 1 aliphatic rings. The molecule has 2 heterocycles. The molecule has 4 atom stereocenters. The number of likely N-dealkylation sites (N-methyl/N-ethyl adjacent to an activating group) is 1. The number of ether oxygens (including phenoxy) is 1. The SMILES string of the molecule is Cc1nc(-c2ccc(C(C)(C)C)cc2)nc(C)c1C(=O)NC(CCN)C(=O)N(C)[C@@H]1C(=O)N[C@@H](C)C(=O)N[C@H](C(=O)NCC#N)Cc2ccc(O)c(c2)-c2cc1ccc2OCCN. The normalized spacial score (nSPS) is 16.9. The molecule has 332 valence electrons. The minimum atomic E-state index is -1.43. The minimum absolute atomic E-state index is 0.00733. The number of amides is 5. The number of aryl methyl sites for hydroxylation is 2. The van der Waals surface area contributed by atoms with Crippen LogP contribution in [0.2, 0.25) is 0 Å². The highest BCUT2D eigenvalue weighted by Gasteiger charge is 2.36. The Balaban J connectivity index is 1.53. The largest absolute Gasteiger partial charge is 0.507 e. The molecule has 1 aromatic heterocycles. The second kappa shape index (κ2) is 20.3. The quantitative estimate of drug-likeness (QED) is 0.101. The summed E-state index contributed by atoms with van der Waals surface area (Å²) in [5, 5.41) is 30.9. The van der Waals surface area contributed by atoms with E-state index in [1.807, 2.05) is 30.3 Å². The number of hydrogen-bond donors (Lipinski definition) is 7. The third-order valence-corrected chi connectivity index (χ3v) is 10.8. The van der Waals surface area contributed by atoms with E-state index in [0.717, 1.165) is 16.0 Å². The van der Waals surface area contributed by atoms with Crippen LogP contribution in [0.3, 0.4) is 0 Å². The summed E-state index contributed by atoms with van der Waals surface area (Å²) < 4.78 is 5.98. The first kappa shape index (κ1) is 47.2. The number of carbonyl (C=O) groups is 5. The van der Waals surface area contributed by atoms with Gasteiger partial charge in [-0.1, -0.05) is 57.2 Å². The number of nitrogens with zero attached hydrogens (tertiary/aromatic N) is 4. The fraction of sp³-hybridized carbons (Fsp3) is 0.391. The van der Waals surface area contributed by atoms with E-state index in [1.54, 1.807) is 44.2 Å². The number of aromatic hydroxyl groups is 1. The zero-order chi connectivity index (χ0) is 46.2. The Kier molecular flexibility index (Phi) is 15.2. The molecule has 0 saturated carbocycles. The molecule has 4 bridgehead atoms. The third kappa shape index (κ3) is 11.1. The van der Waals surface area contributed by atoms with Crippen molar-refractivity contribution in [3.63, 3.8) is 0 Å². The van der Waals surface area contributed by atoms with Crippen LogP contribution in [0.4, 0.5) is 0 Å². The van der Waals surface area contributed by atoms with E-state index in [2.05, 4.69) is 52.0 Å². The maximum atomic E-state index is 14.6. The first-order valence-corrected chi connectivity index (χ1v) is 20.7. The van der Waals surface area contributed by atoms with Crippen LogP contribution in [0, 0.1) is 25.2 Å². The molecule has 5 amide bonds. The molecule has 63 heavy (non-hydrogen) atoms. The van der Waals surface area contributed by atoms with Gasteiger partial charge in [-0.15, -0.1) is 0 Å². The number of hydrogen-bond acceptors (Lipinski definition) is 12. The maximum Gasteiger partial charge on any atom is 0.255 e. The Morgan fingerprint density at radius 1 is 0.968 bits per heavy atom. The Morgan fingerprint density at radius 2 is 1.65 bits per heavy atom. The Hall–Kier alpha value is -6.90. The Morgan fingerprint density at radius 3 is 2.27 bits per heavy atom. The van der Waals surface area contributed by atoms with E-state index in [0.29, 0.717) is 34.1 Å². The highest BCUT2D eigenvalue weighted by atomic mass is 16.5. The molecule has 0 radical (unpaired) electrons. The lowest BCUT2D eigenvalue weighted by molar-refractivity contribution is -0.141. The number of phenols is 1. The molecule has 1 aliphatic heterocycles. The first-order chi connectivity index (χ1) is 29.9. The number of nitrogens with two attached hydrogens (primary N) is 2. The maximum absolute atomic E-state index is 14.6. The molecule has 1 unspecified atom stereocenters. The van der Waals surface area contributed by atoms with Crippen molar-refractivity contribution in [1.29, 1.82) is 5.26 Å². The lowest BCUT2D eigenvalue weighted by Gasteiger charge is -2.32. The van der Waals surface area contributed by atoms with Crippen LogP contribution in [0.1, 0.15) is 78.6 Å². The highest BCUT2D eigenvalue weighted by Crippen LogP contribution is 2.39. The standard InChI is InChI=1S/C46H56N10O7/c1-25-38(26(2)52-40(51-25)29-9-12-31(13-10-29)46(4,5)6)43(60)54-34(16-17-47)45(62)56(7)39-30-11-15-37(63-21-19-49)33(24-30)32-22-28(8-14-36(32)57)23-35(42(59)50-20-18-48)55-41(58)27(3)53-44(39)61/h8-15,22,24,27,34-35,39,57H,16-17,19-21,23,47,49H2,1-7H3,(H,50,59)(H,53,61)(H,54,60)(H,55,58)/t27-,34?,35-,39-/m0/s1. The number of nitriles is 1. The summed E-state index contributed by atoms with van der Waals surface area (Å²) in [6.07, 6.45) is -0.0449. The van der Waals surface area contributed by atoms with Crippen LogP contribution in [-0.4, -0.2) is 101 Å². The van der Waals surface area contributed by atoms with Gasteiger partial charge in [0.25, 0.3) is 5.91 Å². The predicted molar refractivity (Wildman–Crippen MR) is 236 cm³/mol. The highest BCUT2D eigenvalue weighted by molar-refractivity contribution is 6.00. The predicted octanol–water partition coefficient (Wildman–Crippen LogP) is 2.60. The molecule has 0 aliphatic carbocycles. The van der Waals surface area contributed by atoms with Crippen LogP contribution in [0.5, 0.6) is 11.5 Å². The number of nitrogens with one attached hydrogen (secondary N) is 4. The van der Waals surface area contributed by atoms with Crippen LogP contribution in [0.25, 0.3) is 22.5 Å². The summed E-state index contributed by atoms with van der Waals surface area (Å²) in [5.41, 5.74) is 16.0. The summed E-state index contributed by atoms with van der Waals surface area (Å²) >= 11 is 0. The lowest BCUT2D eigenvalue weighted by atomic mass is 9.86. The molecular formula is C46H56N10O7. The zero-order valence-corrected chi connectivity index (χ0v) is 36.7. The average Bonchev–Trinajstić information content (AvgIpc) is 3.24. The van der Waals surface area contributed by atoms with Crippen LogP contribution < -0.4 is 37.5 Å². The zero-order valence-electron chi connectivity index (χ0n) is 36.7. The average molecular weight is 861 g/mol. The van der Waals surface area contributed by atoms with Gasteiger partial charge in [-0.3, -0.25) is 24.0 Å². The van der Waals surface area contributed by atoms with Gasteiger partial charge in [0.15, 0.2) is 5.82 Å². The van der Waals surface area contributed by atoms with Crippen molar-refractivity contribution >= 4 is 29.5 Å². The second-order valence-corrected chi connectivity index (χ2v) is 16.5. The van der Waals surface area contributed by atoms with Crippen LogP contribution >= 0.6 is 0 Å². The van der Waals surface area contributed by atoms with Crippen molar-refractivity contribution in [1.82, 2.24) is 36.1 Å². The van der Waals surface area contributed by atoms with Crippen LogP contribution in [-0.2, 0) is 31.0 Å². The smallest absolute Gasteiger partial charge is 0.255 e. The van der Waals surface area contributed by atoms with Crippen molar-refractivity contribution in [2.24, 2.45) is 11.5 Å². The summed E-state index contributed by atoms with van der Waals surface area (Å²) in [7, 11) is 1.39. The number of phenolic OH excluding ortho intramolecular Hbond substituents is 1. The first-order valence-electron chi connectivity index (χ1n) is 20.7. The molecule has 17 heteroatoms. The summed E-state index contributed by atoms with van der Waals surface area (Å²) in [6, 6.07) is 14.1. The van der Waals surface area contributed by atoms with E-state index in [9.17, 15) is 29.1 Å². The molecule has 3 aromatic carbocycles. The van der Waals surface area contributed by atoms with Gasteiger partial charge in [0, 0.05) is 36.7 Å². The van der Waals surface area contributed by atoms with Crippen molar-refractivity contribution in [3.8, 4) is 40.1 Å². The van der Waals surface area contributed by atoms with E-state index >= 15 is 0 Å². The third-order valence-electron chi connectivity index (χ3n) is 10.8. The number of fused-ring (bicyclic) bond motifs is 5. The van der Waals surface area contributed by atoms with Crippen molar-refractivity contribution in [3.05, 3.63) is 94.3 Å². The number of aromatic nitrogens is 2. The summed E-state index contributed by atoms with van der Waals surface area (Å²) in [5.74, 6) is -2.86. The molecule has 5 rings (SSSR count). The molecule has 0 fully saturated rings. The van der Waals surface area contributed by atoms with Gasteiger partial charge in [-0.05, 0) is 80.1 Å². The van der Waals surface area contributed by atoms with Crippen molar-refractivity contribution < 1.29 is 33.8 Å². The molecular weight excluding hydrogens is 805 g/mol. The van der Waals surface area contributed by atoms with Crippen molar-refractivity contribution in [2.75, 3.05) is 33.3 Å². The van der Waals surface area contributed by atoms with E-state index < -0.39 is 53.7 Å². The topological polar surface area (TPSA) is 268 Å². The molecule has 17 nitrogen and oxygen atoms in total. The monoisotopic (exact) mass is 860 g/mol. The van der Waals surface area contributed by atoms with Gasteiger partial charge in [0.05, 0.1) is 23.0 Å². The number of rotatable bonds is 12. The Bertz CT molecular complexity index is 2380.